The zero-order valence-electron chi connectivity index (χ0n) is 6.14. The molecule has 0 atom stereocenters. The van der Waals surface area contributed by atoms with Crippen LogP contribution in [0, 0.1) is 6.92 Å². The van der Waals surface area contributed by atoms with Gasteiger partial charge in [0.15, 0.2) is 5.13 Å². The van der Waals surface area contributed by atoms with E-state index in [2.05, 4.69) is 10.3 Å². The number of nitrogens with zero attached hydrogens (tertiary/aromatic N) is 1. The second-order valence-corrected chi connectivity index (χ2v) is 3.61. The first-order valence-electron chi connectivity index (χ1n) is 3.00. The van der Waals surface area contributed by atoms with Crippen molar-refractivity contribution in [1.82, 2.24) is 4.98 Å². The number of rotatable bonds is 1. The summed E-state index contributed by atoms with van der Waals surface area (Å²) >= 11 is 7.03. The number of aromatic nitrogens is 1. The first-order valence-corrected chi connectivity index (χ1v) is 4.19. The van der Waals surface area contributed by atoms with E-state index in [0.29, 0.717) is 10.3 Å². The van der Waals surface area contributed by atoms with Gasteiger partial charge in [-0.05, 0) is 6.92 Å². The molecule has 0 aromatic carbocycles. The Kier molecular flexibility index (Phi) is 2.46. The molecule has 0 radical (unpaired) electrons. The van der Waals surface area contributed by atoms with E-state index in [1.165, 1.54) is 18.3 Å². The summed E-state index contributed by atoms with van der Waals surface area (Å²) in [5.74, 6) is -0.129. The van der Waals surface area contributed by atoms with Gasteiger partial charge in [-0.3, -0.25) is 4.79 Å². The molecule has 5 heteroatoms. The molecule has 0 aliphatic heterocycles. The largest absolute Gasteiger partial charge is 0.302 e. The number of hydrogen-bond donors (Lipinski definition) is 1. The number of nitrogens with one attached hydrogen (secondary N) is 1. The molecule has 1 rings (SSSR count). The van der Waals surface area contributed by atoms with Crippen LogP contribution in [0.3, 0.4) is 0 Å². The molecule has 0 spiro atoms. The van der Waals surface area contributed by atoms with E-state index in [0.717, 1.165) is 4.88 Å². The summed E-state index contributed by atoms with van der Waals surface area (Å²) in [7, 11) is 0. The minimum Gasteiger partial charge on any atom is -0.302 e. The van der Waals surface area contributed by atoms with Crippen LogP contribution >= 0.6 is 22.9 Å². The third-order valence-electron chi connectivity index (χ3n) is 1.02. The van der Waals surface area contributed by atoms with E-state index >= 15 is 0 Å². The summed E-state index contributed by atoms with van der Waals surface area (Å²) in [6, 6.07) is 0. The van der Waals surface area contributed by atoms with E-state index in [4.69, 9.17) is 11.6 Å². The molecule has 0 saturated heterocycles. The Bertz CT molecular complexity index is 265. The van der Waals surface area contributed by atoms with E-state index < -0.39 is 0 Å². The van der Waals surface area contributed by atoms with Crippen LogP contribution in [0.4, 0.5) is 5.13 Å². The van der Waals surface area contributed by atoms with E-state index in [1.54, 1.807) is 0 Å². The summed E-state index contributed by atoms with van der Waals surface area (Å²) in [4.78, 5) is 15.4. The maximum atomic E-state index is 10.5. The number of hydrogen-bond acceptors (Lipinski definition) is 3. The van der Waals surface area contributed by atoms with Crippen LogP contribution in [0.5, 0.6) is 0 Å². The van der Waals surface area contributed by atoms with Gasteiger partial charge in [0.2, 0.25) is 5.91 Å². The first kappa shape index (κ1) is 8.49. The molecule has 60 valence electrons. The van der Waals surface area contributed by atoms with Crippen molar-refractivity contribution in [2.75, 3.05) is 5.32 Å². The van der Waals surface area contributed by atoms with Gasteiger partial charge in [0.05, 0.1) is 0 Å². The van der Waals surface area contributed by atoms with Crippen molar-refractivity contribution in [2.24, 2.45) is 0 Å². The van der Waals surface area contributed by atoms with Gasteiger partial charge < -0.3 is 5.32 Å². The fourth-order valence-corrected chi connectivity index (χ4v) is 1.58. The van der Waals surface area contributed by atoms with Crippen LogP contribution in [0.25, 0.3) is 0 Å². The number of anilines is 1. The second kappa shape index (κ2) is 3.19. The van der Waals surface area contributed by atoms with Crippen LogP contribution in [-0.2, 0) is 4.79 Å². The van der Waals surface area contributed by atoms with Crippen molar-refractivity contribution < 1.29 is 4.79 Å². The molecular formula is C6H7ClN2OS. The number of thiazole rings is 1. The number of halogens is 1. The molecule has 1 N–H and O–H groups in total. The van der Waals surface area contributed by atoms with Crippen molar-refractivity contribution in [2.45, 2.75) is 13.8 Å². The molecule has 0 unspecified atom stereocenters. The van der Waals surface area contributed by atoms with Crippen LogP contribution in [0.2, 0.25) is 5.15 Å². The van der Waals surface area contributed by atoms with Gasteiger partial charge in [-0.2, -0.15) is 0 Å². The lowest BCUT2D eigenvalue weighted by Gasteiger charge is -1.91. The molecule has 1 aromatic heterocycles. The Morgan fingerprint density at radius 2 is 2.36 bits per heavy atom. The Hall–Kier alpha value is -0.610. The maximum absolute atomic E-state index is 10.5. The van der Waals surface area contributed by atoms with Crippen molar-refractivity contribution in [1.29, 1.82) is 0 Å². The van der Waals surface area contributed by atoms with Crippen molar-refractivity contribution in [3.8, 4) is 0 Å². The highest BCUT2D eigenvalue weighted by molar-refractivity contribution is 7.16. The molecule has 0 aliphatic rings. The van der Waals surface area contributed by atoms with Gasteiger partial charge in [0.25, 0.3) is 0 Å². The fraction of sp³-hybridized carbons (Fsp3) is 0.333. The predicted molar refractivity (Wildman–Crippen MR) is 46.2 cm³/mol. The molecule has 3 nitrogen and oxygen atoms in total. The third kappa shape index (κ3) is 2.17. The Balaban J connectivity index is 2.81. The van der Waals surface area contributed by atoms with Gasteiger partial charge in [0.1, 0.15) is 5.15 Å². The molecule has 0 bridgehead atoms. The van der Waals surface area contributed by atoms with Crippen LogP contribution < -0.4 is 5.32 Å². The molecule has 0 fully saturated rings. The highest BCUT2D eigenvalue weighted by Gasteiger charge is 2.04. The smallest absolute Gasteiger partial charge is 0.223 e. The summed E-state index contributed by atoms with van der Waals surface area (Å²) in [5, 5.41) is 3.56. The standard InChI is InChI=1S/C6H7ClN2OS/c1-3-5(7)9-6(11-3)8-4(2)10/h1-2H3,(H,8,9,10). The molecule has 0 aliphatic carbocycles. The number of carbonyl (C=O) groups is 1. The zero-order chi connectivity index (χ0) is 8.43. The lowest BCUT2D eigenvalue weighted by Crippen LogP contribution is -2.04. The third-order valence-corrected chi connectivity index (χ3v) is 2.39. The van der Waals surface area contributed by atoms with Gasteiger partial charge in [-0.1, -0.05) is 11.6 Å². The minimum atomic E-state index is -0.129. The number of amides is 1. The van der Waals surface area contributed by atoms with Crippen LogP contribution in [0.1, 0.15) is 11.8 Å². The molecule has 1 aromatic rings. The van der Waals surface area contributed by atoms with E-state index in [9.17, 15) is 4.79 Å². The average Bonchev–Trinajstić information content (AvgIpc) is 2.10. The lowest BCUT2D eigenvalue weighted by atomic mass is 10.6. The van der Waals surface area contributed by atoms with E-state index in [1.807, 2.05) is 6.92 Å². The van der Waals surface area contributed by atoms with Gasteiger partial charge in [0, 0.05) is 11.8 Å². The lowest BCUT2D eigenvalue weighted by molar-refractivity contribution is -0.114. The summed E-state index contributed by atoms with van der Waals surface area (Å²) in [6.45, 7) is 3.29. The average molecular weight is 191 g/mol. The summed E-state index contributed by atoms with van der Waals surface area (Å²) < 4.78 is 0. The minimum absolute atomic E-state index is 0.129. The van der Waals surface area contributed by atoms with Gasteiger partial charge in [-0.25, -0.2) is 4.98 Å². The van der Waals surface area contributed by atoms with Crippen molar-refractivity contribution in [3.05, 3.63) is 10.0 Å². The maximum Gasteiger partial charge on any atom is 0.223 e. The Labute approximate surface area is 73.4 Å². The topological polar surface area (TPSA) is 42.0 Å². The Morgan fingerprint density at radius 1 is 1.73 bits per heavy atom. The monoisotopic (exact) mass is 190 g/mol. The van der Waals surface area contributed by atoms with Gasteiger partial charge >= 0.3 is 0 Å². The molecule has 11 heavy (non-hydrogen) atoms. The summed E-state index contributed by atoms with van der Waals surface area (Å²) in [5.41, 5.74) is 0. The number of carbonyl (C=O) groups excluding carboxylic acids is 1. The predicted octanol–water partition coefficient (Wildman–Crippen LogP) is 2.06. The normalized spacial score (nSPS) is 9.73. The number of aryl methyl sites for hydroxylation is 1. The zero-order valence-corrected chi connectivity index (χ0v) is 7.71. The highest BCUT2D eigenvalue weighted by Crippen LogP contribution is 2.25. The SMILES string of the molecule is CC(=O)Nc1nc(Cl)c(C)s1. The van der Waals surface area contributed by atoms with Crippen molar-refractivity contribution >= 4 is 34.0 Å². The van der Waals surface area contributed by atoms with Crippen LogP contribution in [-0.4, -0.2) is 10.9 Å². The first-order chi connectivity index (χ1) is 5.09. The van der Waals surface area contributed by atoms with Crippen LogP contribution in [0.15, 0.2) is 0 Å². The Morgan fingerprint density at radius 3 is 2.73 bits per heavy atom. The molecular weight excluding hydrogens is 184 g/mol. The van der Waals surface area contributed by atoms with Crippen molar-refractivity contribution in [3.63, 3.8) is 0 Å². The fourth-order valence-electron chi connectivity index (χ4n) is 0.582. The van der Waals surface area contributed by atoms with Gasteiger partial charge in [-0.15, -0.1) is 11.3 Å². The molecule has 0 saturated carbocycles. The summed E-state index contributed by atoms with van der Waals surface area (Å²) in [6.07, 6.45) is 0. The second-order valence-electron chi connectivity index (χ2n) is 2.05. The van der Waals surface area contributed by atoms with E-state index in [-0.39, 0.29) is 5.91 Å². The molecule has 1 heterocycles. The quantitative estimate of drug-likeness (QED) is 0.737. The highest BCUT2D eigenvalue weighted by atomic mass is 35.5. The molecule has 1 amide bonds.